The van der Waals surface area contributed by atoms with Crippen molar-refractivity contribution < 1.29 is 14.2 Å². The molecule has 1 fully saturated rings. The van der Waals surface area contributed by atoms with E-state index in [2.05, 4.69) is 33.8 Å². The Morgan fingerprint density at radius 2 is 1.90 bits per heavy atom. The molecule has 0 aromatic heterocycles. The fourth-order valence-electron chi connectivity index (χ4n) is 6.18. The Labute approximate surface area is 179 Å². The van der Waals surface area contributed by atoms with E-state index in [9.17, 15) is 9.50 Å². The third kappa shape index (κ3) is 3.19. The second-order valence-electron chi connectivity index (χ2n) is 10.4. The lowest BCUT2D eigenvalue weighted by Gasteiger charge is -2.47. The zero-order chi connectivity index (χ0) is 21.8. The fraction of sp³-hybridized carbons (Fsp3) is 0.481. The number of phenolic OH excluding ortho intramolecular Hbond substituents is 1. The van der Waals surface area contributed by atoms with Crippen molar-refractivity contribution in [1.29, 1.82) is 0 Å². The molecule has 0 heterocycles. The number of halogens is 1. The van der Waals surface area contributed by atoms with E-state index in [-0.39, 0.29) is 22.6 Å². The number of rotatable bonds is 5. The third-order valence-corrected chi connectivity index (χ3v) is 7.14. The SMILES string of the molecule is COCC(C)(C)C1=C(C2(C)CC(C)C2)c2c(O)cccc2C1c1ccc(F)c(C)c1. The van der Waals surface area contributed by atoms with Gasteiger partial charge in [0, 0.05) is 24.0 Å². The Morgan fingerprint density at radius 3 is 2.50 bits per heavy atom. The summed E-state index contributed by atoms with van der Waals surface area (Å²) in [6.07, 6.45) is 2.22. The normalized spacial score (nSPS) is 26.0. The van der Waals surface area contributed by atoms with E-state index in [0.29, 0.717) is 23.8 Å². The van der Waals surface area contributed by atoms with Crippen LogP contribution < -0.4 is 0 Å². The van der Waals surface area contributed by atoms with Crippen LogP contribution in [0.1, 0.15) is 68.7 Å². The molecule has 1 unspecified atom stereocenters. The topological polar surface area (TPSA) is 29.5 Å². The number of fused-ring (bicyclic) bond motifs is 1. The molecule has 0 aliphatic heterocycles. The van der Waals surface area contributed by atoms with Gasteiger partial charge >= 0.3 is 0 Å². The summed E-state index contributed by atoms with van der Waals surface area (Å²) in [6, 6.07) is 11.3. The Morgan fingerprint density at radius 1 is 1.20 bits per heavy atom. The number of phenols is 1. The largest absolute Gasteiger partial charge is 0.507 e. The molecule has 1 saturated carbocycles. The van der Waals surface area contributed by atoms with Crippen LogP contribution in [-0.4, -0.2) is 18.8 Å². The van der Waals surface area contributed by atoms with Gasteiger partial charge in [0.1, 0.15) is 11.6 Å². The van der Waals surface area contributed by atoms with E-state index in [4.69, 9.17) is 4.74 Å². The lowest BCUT2D eigenvalue weighted by atomic mass is 9.57. The van der Waals surface area contributed by atoms with Gasteiger partial charge in [-0.3, -0.25) is 0 Å². The molecular weight excluding hydrogens is 375 g/mol. The lowest BCUT2D eigenvalue weighted by molar-refractivity contribution is 0.119. The molecule has 1 N–H and O–H groups in total. The molecule has 30 heavy (non-hydrogen) atoms. The summed E-state index contributed by atoms with van der Waals surface area (Å²) in [5, 5.41) is 11.0. The predicted octanol–water partition coefficient (Wildman–Crippen LogP) is 6.85. The molecule has 1 atom stereocenters. The van der Waals surface area contributed by atoms with Gasteiger partial charge in [0.05, 0.1) is 6.61 Å². The minimum absolute atomic E-state index is 0.0146. The molecule has 2 nitrogen and oxygen atoms in total. The van der Waals surface area contributed by atoms with Crippen molar-refractivity contribution in [3.05, 3.63) is 70.0 Å². The minimum atomic E-state index is -0.232. The van der Waals surface area contributed by atoms with Crippen molar-refractivity contribution >= 4 is 5.57 Å². The zero-order valence-electron chi connectivity index (χ0n) is 19.0. The van der Waals surface area contributed by atoms with Gasteiger partial charge in [0.25, 0.3) is 0 Å². The summed E-state index contributed by atoms with van der Waals surface area (Å²) in [5.41, 5.74) is 6.21. The van der Waals surface area contributed by atoms with Crippen LogP contribution in [-0.2, 0) is 4.74 Å². The molecule has 4 rings (SSSR count). The predicted molar refractivity (Wildman–Crippen MR) is 120 cm³/mol. The van der Waals surface area contributed by atoms with Crippen LogP contribution in [0.15, 0.2) is 42.0 Å². The first-order chi connectivity index (χ1) is 14.1. The molecule has 0 saturated heterocycles. The van der Waals surface area contributed by atoms with Crippen LogP contribution >= 0.6 is 0 Å². The van der Waals surface area contributed by atoms with Crippen molar-refractivity contribution in [3.8, 4) is 5.75 Å². The molecule has 2 aliphatic carbocycles. The Kier molecular flexibility index (Phi) is 5.09. The van der Waals surface area contributed by atoms with Crippen LogP contribution in [0.2, 0.25) is 0 Å². The van der Waals surface area contributed by atoms with Crippen molar-refractivity contribution in [3.63, 3.8) is 0 Å². The second kappa shape index (κ2) is 7.23. The maximum atomic E-state index is 14.1. The van der Waals surface area contributed by atoms with Gasteiger partial charge in [-0.25, -0.2) is 4.39 Å². The Bertz CT molecular complexity index is 1010. The van der Waals surface area contributed by atoms with Crippen molar-refractivity contribution in [2.75, 3.05) is 13.7 Å². The molecule has 2 aliphatic rings. The summed E-state index contributed by atoms with van der Waals surface area (Å²) < 4.78 is 19.8. The second-order valence-corrected chi connectivity index (χ2v) is 10.4. The monoisotopic (exact) mass is 408 g/mol. The minimum Gasteiger partial charge on any atom is -0.507 e. The van der Waals surface area contributed by atoms with Gasteiger partial charge in [-0.15, -0.1) is 0 Å². The van der Waals surface area contributed by atoms with Crippen LogP contribution in [0.4, 0.5) is 4.39 Å². The Balaban J connectivity index is 2.04. The first-order valence-electron chi connectivity index (χ1n) is 10.9. The molecular formula is C27H33FO2. The average molecular weight is 409 g/mol. The number of hydrogen-bond donors (Lipinski definition) is 1. The molecule has 2 aromatic rings. The number of aryl methyl sites for hydroxylation is 1. The highest BCUT2D eigenvalue weighted by atomic mass is 19.1. The molecule has 0 radical (unpaired) electrons. The molecule has 0 amide bonds. The smallest absolute Gasteiger partial charge is 0.126 e. The molecule has 0 spiro atoms. The number of allylic oxidation sites excluding steroid dienone is 1. The van der Waals surface area contributed by atoms with E-state index in [0.717, 1.165) is 29.5 Å². The third-order valence-electron chi connectivity index (χ3n) is 7.14. The van der Waals surface area contributed by atoms with Gasteiger partial charge in [-0.05, 0) is 71.1 Å². The van der Waals surface area contributed by atoms with E-state index in [1.54, 1.807) is 19.2 Å². The number of benzene rings is 2. The van der Waals surface area contributed by atoms with Gasteiger partial charge < -0.3 is 9.84 Å². The van der Waals surface area contributed by atoms with Crippen LogP contribution in [0, 0.1) is 29.5 Å². The van der Waals surface area contributed by atoms with Gasteiger partial charge in [0.15, 0.2) is 0 Å². The summed E-state index contributed by atoms with van der Waals surface area (Å²) in [6.45, 7) is 11.5. The maximum Gasteiger partial charge on any atom is 0.126 e. The number of ether oxygens (including phenoxy) is 1. The first-order valence-corrected chi connectivity index (χ1v) is 10.9. The lowest BCUT2D eigenvalue weighted by Crippen LogP contribution is -2.36. The number of hydrogen-bond acceptors (Lipinski definition) is 2. The maximum absolute atomic E-state index is 14.1. The highest BCUT2D eigenvalue weighted by Gasteiger charge is 2.50. The average Bonchev–Trinajstić information content (AvgIpc) is 3.01. The van der Waals surface area contributed by atoms with Crippen LogP contribution in [0.25, 0.3) is 5.57 Å². The van der Waals surface area contributed by atoms with Crippen molar-refractivity contribution in [1.82, 2.24) is 0 Å². The Hall–Kier alpha value is -2.13. The number of methoxy groups -OCH3 is 1. The van der Waals surface area contributed by atoms with Gasteiger partial charge in [-0.1, -0.05) is 52.0 Å². The van der Waals surface area contributed by atoms with Crippen molar-refractivity contribution in [2.45, 2.75) is 53.4 Å². The van der Waals surface area contributed by atoms with Gasteiger partial charge in [-0.2, -0.15) is 0 Å². The first kappa shape index (κ1) is 21.1. The summed E-state index contributed by atoms with van der Waals surface area (Å²) in [5.74, 6) is 0.819. The number of aromatic hydroxyl groups is 1. The summed E-state index contributed by atoms with van der Waals surface area (Å²) in [4.78, 5) is 0. The van der Waals surface area contributed by atoms with Crippen molar-refractivity contribution in [2.24, 2.45) is 16.7 Å². The quantitative estimate of drug-likeness (QED) is 0.586. The molecule has 2 aromatic carbocycles. The molecule has 160 valence electrons. The fourth-order valence-corrected chi connectivity index (χ4v) is 6.18. The van der Waals surface area contributed by atoms with E-state index in [1.165, 1.54) is 11.1 Å². The molecule has 3 heteroatoms. The zero-order valence-corrected chi connectivity index (χ0v) is 19.0. The summed E-state index contributed by atoms with van der Waals surface area (Å²) >= 11 is 0. The van der Waals surface area contributed by atoms with E-state index >= 15 is 0 Å². The van der Waals surface area contributed by atoms with E-state index in [1.807, 2.05) is 25.1 Å². The van der Waals surface area contributed by atoms with E-state index < -0.39 is 0 Å². The molecule has 0 bridgehead atoms. The van der Waals surface area contributed by atoms with Crippen LogP contribution in [0.3, 0.4) is 0 Å². The van der Waals surface area contributed by atoms with Crippen LogP contribution in [0.5, 0.6) is 5.75 Å². The summed E-state index contributed by atoms with van der Waals surface area (Å²) in [7, 11) is 1.74. The highest BCUT2D eigenvalue weighted by Crippen LogP contribution is 2.64. The highest BCUT2D eigenvalue weighted by molar-refractivity contribution is 5.87. The standard InChI is InChI=1S/C27H33FO2/c1-16-13-27(5,14-16)25-23-19(8-7-9-21(23)29)22(24(25)26(3,4)15-30-6)18-10-11-20(28)17(2)12-18/h7-12,16,22,29H,13-15H2,1-6H3. The van der Waals surface area contributed by atoms with Gasteiger partial charge in [0.2, 0.25) is 0 Å².